The predicted molar refractivity (Wildman–Crippen MR) is 65.4 cm³/mol. The average molecular weight is 314 g/mol. The lowest BCUT2D eigenvalue weighted by molar-refractivity contribution is 0.527. The van der Waals surface area contributed by atoms with Gasteiger partial charge in [-0.3, -0.25) is 4.72 Å². The van der Waals surface area contributed by atoms with Gasteiger partial charge in [0.2, 0.25) is 0 Å². The van der Waals surface area contributed by atoms with Crippen LogP contribution < -0.4 is 4.72 Å². The van der Waals surface area contributed by atoms with Gasteiger partial charge in [-0.05, 0) is 34.1 Å². The lowest BCUT2D eigenvalue weighted by Crippen LogP contribution is -2.28. The summed E-state index contributed by atoms with van der Waals surface area (Å²) in [5.74, 6) is 0. The van der Waals surface area contributed by atoms with Gasteiger partial charge in [-0.25, -0.2) is 0 Å². The molecule has 0 unspecified atom stereocenters. The highest BCUT2D eigenvalue weighted by molar-refractivity contribution is 9.10. The number of hydrogen-bond acceptors (Lipinski definition) is 2. The first-order valence-corrected chi connectivity index (χ1v) is 6.59. The molecule has 0 amide bonds. The average Bonchev–Trinajstić information content (AvgIpc) is 2.10. The van der Waals surface area contributed by atoms with Gasteiger partial charge in [0.15, 0.2) is 0 Å². The first-order chi connectivity index (χ1) is 6.83. The van der Waals surface area contributed by atoms with Crippen LogP contribution in [0.2, 0.25) is 5.02 Å². The molecule has 0 saturated heterocycles. The Morgan fingerprint density at radius 1 is 1.40 bits per heavy atom. The standard InChI is InChI=1S/C8H10BrClN2O2S/c1-12(2)15(13,14)11-6-3-4-7(9)8(10)5-6/h3-5,11H,1-2H3. The molecule has 4 nitrogen and oxygen atoms in total. The molecule has 15 heavy (non-hydrogen) atoms. The van der Waals surface area contributed by atoms with E-state index in [0.29, 0.717) is 10.7 Å². The number of nitrogens with zero attached hydrogens (tertiary/aromatic N) is 1. The Bertz CT molecular complexity index is 462. The van der Waals surface area contributed by atoms with Crippen LogP contribution in [0, 0.1) is 0 Å². The Hall–Kier alpha value is -0.300. The maximum atomic E-state index is 11.5. The first-order valence-electron chi connectivity index (χ1n) is 3.98. The van der Waals surface area contributed by atoms with Crippen molar-refractivity contribution < 1.29 is 8.42 Å². The summed E-state index contributed by atoms with van der Waals surface area (Å²) in [6.45, 7) is 0. The van der Waals surface area contributed by atoms with E-state index < -0.39 is 10.2 Å². The van der Waals surface area contributed by atoms with Gasteiger partial charge >= 0.3 is 10.2 Å². The number of rotatable bonds is 3. The van der Waals surface area contributed by atoms with Gasteiger partial charge in [-0.2, -0.15) is 12.7 Å². The number of nitrogens with one attached hydrogen (secondary N) is 1. The van der Waals surface area contributed by atoms with Crippen LogP contribution in [-0.4, -0.2) is 26.8 Å². The van der Waals surface area contributed by atoms with E-state index in [0.717, 1.165) is 8.78 Å². The lowest BCUT2D eigenvalue weighted by atomic mass is 10.3. The highest BCUT2D eigenvalue weighted by Gasteiger charge is 2.13. The van der Waals surface area contributed by atoms with Gasteiger partial charge in [-0.1, -0.05) is 11.6 Å². The van der Waals surface area contributed by atoms with E-state index in [1.165, 1.54) is 20.2 Å². The van der Waals surface area contributed by atoms with E-state index in [1.807, 2.05) is 0 Å². The summed E-state index contributed by atoms with van der Waals surface area (Å²) in [6, 6.07) is 4.83. The third-order valence-electron chi connectivity index (χ3n) is 1.65. The molecule has 0 spiro atoms. The van der Waals surface area contributed by atoms with Crippen LogP contribution in [0.1, 0.15) is 0 Å². The van der Waals surface area contributed by atoms with E-state index in [-0.39, 0.29) is 0 Å². The number of hydrogen-bond donors (Lipinski definition) is 1. The van der Waals surface area contributed by atoms with Crippen molar-refractivity contribution in [1.82, 2.24) is 4.31 Å². The third kappa shape index (κ3) is 3.34. The molecule has 0 saturated carbocycles. The Morgan fingerprint density at radius 3 is 2.47 bits per heavy atom. The second kappa shape index (κ2) is 4.69. The first kappa shape index (κ1) is 12.8. The zero-order valence-corrected chi connectivity index (χ0v) is 11.3. The molecule has 7 heteroatoms. The summed E-state index contributed by atoms with van der Waals surface area (Å²) in [6.07, 6.45) is 0. The van der Waals surface area contributed by atoms with Crippen LogP contribution in [0.15, 0.2) is 22.7 Å². The Morgan fingerprint density at radius 2 is 2.00 bits per heavy atom. The minimum Gasteiger partial charge on any atom is -0.271 e. The normalized spacial score (nSPS) is 11.8. The molecule has 0 heterocycles. The molecule has 0 aromatic heterocycles. The zero-order valence-electron chi connectivity index (χ0n) is 8.16. The molecule has 0 aliphatic heterocycles. The highest BCUT2D eigenvalue weighted by Crippen LogP contribution is 2.26. The SMILES string of the molecule is CN(C)S(=O)(=O)Nc1ccc(Br)c(Cl)c1. The lowest BCUT2D eigenvalue weighted by Gasteiger charge is -2.13. The molecule has 1 aromatic rings. The van der Waals surface area contributed by atoms with E-state index in [9.17, 15) is 8.42 Å². The Kier molecular flexibility index (Phi) is 3.99. The third-order valence-corrected chi connectivity index (χ3v) is 4.33. The molecule has 0 aliphatic carbocycles. The summed E-state index contributed by atoms with van der Waals surface area (Å²) in [5, 5.41) is 0.453. The molecule has 1 N–H and O–H groups in total. The molecule has 0 radical (unpaired) electrons. The number of halogens is 2. The molecule has 84 valence electrons. The van der Waals surface area contributed by atoms with E-state index in [4.69, 9.17) is 11.6 Å². The molecule has 0 aliphatic rings. The highest BCUT2D eigenvalue weighted by atomic mass is 79.9. The van der Waals surface area contributed by atoms with E-state index >= 15 is 0 Å². The summed E-state index contributed by atoms with van der Waals surface area (Å²) >= 11 is 9.05. The molecule has 0 bridgehead atoms. The van der Waals surface area contributed by atoms with Gasteiger partial charge in [0.25, 0.3) is 0 Å². The van der Waals surface area contributed by atoms with Crippen molar-refractivity contribution in [3.63, 3.8) is 0 Å². The van der Waals surface area contributed by atoms with Crippen molar-refractivity contribution in [2.24, 2.45) is 0 Å². The fraction of sp³-hybridized carbons (Fsp3) is 0.250. The van der Waals surface area contributed by atoms with Crippen molar-refractivity contribution in [3.05, 3.63) is 27.7 Å². The van der Waals surface area contributed by atoms with Crippen LogP contribution in [0.25, 0.3) is 0 Å². The summed E-state index contributed by atoms with van der Waals surface area (Å²) in [5.41, 5.74) is 0.428. The van der Waals surface area contributed by atoms with Crippen LogP contribution >= 0.6 is 27.5 Å². The monoisotopic (exact) mass is 312 g/mol. The quantitative estimate of drug-likeness (QED) is 0.931. The van der Waals surface area contributed by atoms with Crippen molar-refractivity contribution in [3.8, 4) is 0 Å². The van der Waals surface area contributed by atoms with Crippen LogP contribution in [0.5, 0.6) is 0 Å². The van der Waals surface area contributed by atoms with E-state index in [1.54, 1.807) is 12.1 Å². The van der Waals surface area contributed by atoms with Gasteiger partial charge < -0.3 is 0 Å². The molecule has 1 rings (SSSR count). The largest absolute Gasteiger partial charge is 0.301 e. The summed E-state index contributed by atoms with van der Waals surface area (Å²) in [4.78, 5) is 0. The molecule has 0 atom stereocenters. The van der Waals surface area contributed by atoms with Crippen molar-refractivity contribution in [1.29, 1.82) is 0 Å². The smallest absolute Gasteiger partial charge is 0.271 e. The van der Waals surface area contributed by atoms with Crippen molar-refractivity contribution in [2.45, 2.75) is 0 Å². The predicted octanol–water partition coefficient (Wildman–Crippen LogP) is 2.32. The summed E-state index contributed by atoms with van der Waals surface area (Å²) in [7, 11) is -0.577. The Balaban J connectivity index is 2.96. The van der Waals surface area contributed by atoms with Crippen LogP contribution in [0.4, 0.5) is 5.69 Å². The molecular weight excluding hydrogens is 304 g/mol. The minimum absolute atomic E-state index is 0.428. The van der Waals surface area contributed by atoms with Crippen molar-refractivity contribution >= 4 is 43.4 Å². The van der Waals surface area contributed by atoms with Crippen LogP contribution in [0.3, 0.4) is 0 Å². The Labute approximate surface area is 103 Å². The topological polar surface area (TPSA) is 49.4 Å². The van der Waals surface area contributed by atoms with Gasteiger partial charge in [0.1, 0.15) is 0 Å². The van der Waals surface area contributed by atoms with Gasteiger partial charge in [0, 0.05) is 18.6 Å². The maximum absolute atomic E-state index is 11.5. The molecule has 0 fully saturated rings. The zero-order chi connectivity index (χ0) is 11.6. The van der Waals surface area contributed by atoms with Crippen molar-refractivity contribution in [2.75, 3.05) is 18.8 Å². The second-order valence-corrected chi connectivity index (χ2v) is 6.16. The molecule has 1 aromatic carbocycles. The minimum atomic E-state index is -3.47. The maximum Gasteiger partial charge on any atom is 0.301 e. The second-order valence-electron chi connectivity index (χ2n) is 3.02. The number of benzene rings is 1. The molecular formula is C8H10BrClN2O2S. The number of anilines is 1. The fourth-order valence-corrected chi connectivity index (χ4v) is 1.83. The summed E-state index contributed by atoms with van der Waals surface area (Å²) < 4.78 is 27.1. The van der Waals surface area contributed by atoms with E-state index in [2.05, 4.69) is 20.7 Å². The fourth-order valence-electron chi connectivity index (χ4n) is 0.800. The van der Waals surface area contributed by atoms with Gasteiger partial charge in [-0.15, -0.1) is 0 Å². The van der Waals surface area contributed by atoms with Gasteiger partial charge in [0.05, 0.1) is 10.7 Å². The van der Waals surface area contributed by atoms with Crippen LogP contribution in [-0.2, 0) is 10.2 Å².